The molecule has 35 heavy (non-hydrogen) atoms. The number of para-hydroxylation sites is 1. The molecule has 0 saturated carbocycles. The number of hydrazine groups is 1. The fourth-order valence-electron chi connectivity index (χ4n) is 4.66. The average Bonchev–Trinajstić information content (AvgIpc) is 3.37. The number of hydrogen-bond donors (Lipinski definition) is 1. The lowest BCUT2D eigenvalue weighted by atomic mass is 9.99. The first kappa shape index (κ1) is 23.0. The maximum Gasteiger partial charge on any atom is 0.351 e. The summed E-state index contributed by atoms with van der Waals surface area (Å²) in [5, 5.41) is 1.37. The summed E-state index contributed by atoms with van der Waals surface area (Å²) < 4.78 is 0. The first-order chi connectivity index (χ1) is 17.1. The number of nitrogens with zero attached hydrogens (tertiary/aromatic N) is 3. The van der Waals surface area contributed by atoms with Gasteiger partial charge in [0.2, 0.25) is 0 Å². The molecule has 2 aliphatic rings. The van der Waals surface area contributed by atoms with Gasteiger partial charge >= 0.3 is 5.97 Å². The van der Waals surface area contributed by atoms with Crippen LogP contribution in [0.3, 0.4) is 0 Å². The molecule has 3 aromatic carbocycles. The molecule has 0 unspecified atom stereocenters. The second-order valence-electron chi connectivity index (χ2n) is 8.84. The number of hydrogen-bond acceptors (Lipinski definition) is 6. The minimum absolute atomic E-state index is 0.166. The molecule has 2 atom stereocenters. The Balaban J connectivity index is 1.53. The topological polar surface area (TPSA) is 74.2 Å². The van der Waals surface area contributed by atoms with Gasteiger partial charge in [-0.2, -0.15) is 0 Å². The van der Waals surface area contributed by atoms with E-state index in [-0.39, 0.29) is 11.9 Å². The van der Waals surface area contributed by atoms with Crippen LogP contribution in [0.1, 0.15) is 36.5 Å². The standard InChI is InChI=1S/C28H28N4O3/c1-20-28(34)35-30-32(27(33)25-17-10-18-31(25)19-21-11-4-2-5-12-21)24-16-9-8-15-23(24)26(29-20)22-13-6-3-7-14-22/h2-9,11-16,20,25,30H,10,17-19H2,1H3/t20-,25-/m1/s1. The van der Waals surface area contributed by atoms with Crippen molar-refractivity contribution in [3.05, 3.63) is 102 Å². The number of amides is 1. The molecule has 0 bridgehead atoms. The quantitative estimate of drug-likeness (QED) is 0.629. The van der Waals surface area contributed by atoms with Crippen molar-refractivity contribution in [2.45, 2.75) is 38.4 Å². The summed E-state index contributed by atoms with van der Waals surface area (Å²) in [7, 11) is 0. The maximum atomic E-state index is 14.0. The second-order valence-corrected chi connectivity index (χ2v) is 8.84. The van der Waals surface area contributed by atoms with Gasteiger partial charge in [0.1, 0.15) is 6.04 Å². The molecule has 0 aliphatic carbocycles. The minimum atomic E-state index is -0.748. The van der Waals surface area contributed by atoms with E-state index in [0.29, 0.717) is 17.9 Å². The third kappa shape index (κ3) is 4.87. The van der Waals surface area contributed by atoms with Gasteiger partial charge in [0, 0.05) is 17.7 Å². The molecule has 2 heterocycles. The van der Waals surface area contributed by atoms with E-state index < -0.39 is 12.0 Å². The highest BCUT2D eigenvalue weighted by molar-refractivity contribution is 6.18. The number of carbonyl (C=O) groups is 2. The monoisotopic (exact) mass is 468 g/mol. The molecule has 7 nitrogen and oxygen atoms in total. The van der Waals surface area contributed by atoms with Crippen molar-refractivity contribution in [3.8, 4) is 0 Å². The van der Waals surface area contributed by atoms with E-state index in [4.69, 9.17) is 9.83 Å². The Labute approximate surface area is 205 Å². The summed E-state index contributed by atoms with van der Waals surface area (Å²) in [6.45, 7) is 3.19. The molecule has 178 valence electrons. The van der Waals surface area contributed by atoms with Crippen molar-refractivity contribution in [1.29, 1.82) is 0 Å². The molecular weight excluding hydrogens is 440 g/mol. The number of rotatable bonds is 4. The molecule has 1 amide bonds. The molecule has 3 aromatic rings. The summed E-state index contributed by atoms with van der Waals surface area (Å²) in [5.74, 6) is -0.725. The van der Waals surface area contributed by atoms with Crippen LogP contribution in [0.5, 0.6) is 0 Å². The predicted octanol–water partition coefficient (Wildman–Crippen LogP) is 3.89. The second kappa shape index (κ2) is 10.2. The van der Waals surface area contributed by atoms with Crippen molar-refractivity contribution < 1.29 is 14.4 Å². The van der Waals surface area contributed by atoms with Gasteiger partial charge in [0.05, 0.1) is 17.4 Å². The van der Waals surface area contributed by atoms with Gasteiger partial charge in [0.25, 0.3) is 5.91 Å². The van der Waals surface area contributed by atoms with E-state index in [9.17, 15) is 9.59 Å². The molecule has 1 N–H and O–H groups in total. The van der Waals surface area contributed by atoms with Gasteiger partial charge in [-0.3, -0.25) is 14.7 Å². The highest BCUT2D eigenvalue weighted by Gasteiger charge is 2.37. The number of aliphatic imine (C=N–C) groups is 1. The van der Waals surface area contributed by atoms with E-state index in [1.165, 1.54) is 5.01 Å². The van der Waals surface area contributed by atoms with Crippen molar-refractivity contribution in [1.82, 2.24) is 10.5 Å². The number of nitrogens with one attached hydrogen (secondary N) is 1. The van der Waals surface area contributed by atoms with Crippen LogP contribution in [0.15, 0.2) is 89.9 Å². The minimum Gasteiger partial charge on any atom is -0.348 e. The molecule has 1 fully saturated rings. The van der Waals surface area contributed by atoms with Gasteiger partial charge in [0.15, 0.2) is 0 Å². The van der Waals surface area contributed by atoms with Crippen molar-refractivity contribution >= 4 is 23.3 Å². The predicted molar refractivity (Wildman–Crippen MR) is 135 cm³/mol. The van der Waals surface area contributed by atoms with Crippen LogP contribution >= 0.6 is 0 Å². The summed E-state index contributed by atoms with van der Waals surface area (Å²) in [6.07, 6.45) is 1.66. The molecule has 0 aromatic heterocycles. The summed E-state index contributed by atoms with van der Waals surface area (Å²) in [5.41, 5.74) is 6.66. The lowest BCUT2D eigenvalue weighted by Crippen LogP contribution is -2.52. The molecule has 0 spiro atoms. The summed E-state index contributed by atoms with van der Waals surface area (Å²) in [6, 6.07) is 26.3. The highest BCUT2D eigenvalue weighted by Crippen LogP contribution is 2.28. The Morgan fingerprint density at radius 2 is 1.69 bits per heavy atom. The van der Waals surface area contributed by atoms with Crippen LogP contribution in [-0.4, -0.2) is 41.1 Å². The highest BCUT2D eigenvalue weighted by atomic mass is 16.7. The molecule has 7 heteroatoms. The van der Waals surface area contributed by atoms with Gasteiger partial charge < -0.3 is 4.84 Å². The average molecular weight is 469 g/mol. The molecule has 1 saturated heterocycles. The normalized spacial score (nSPS) is 20.8. The first-order valence-electron chi connectivity index (χ1n) is 11.9. The van der Waals surface area contributed by atoms with Crippen LogP contribution in [0, 0.1) is 0 Å². The van der Waals surface area contributed by atoms with E-state index >= 15 is 0 Å². The zero-order chi connectivity index (χ0) is 24.2. The van der Waals surface area contributed by atoms with Crippen LogP contribution < -0.4 is 10.6 Å². The Bertz CT molecular complexity index is 1230. The molecular formula is C28H28N4O3. The van der Waals surface area contributed by atoms with Gasteiger partial charge in [-0.25, -0.2) is 9.80 Å². The summed E-state index contributed by atoms with van der Waals surface area (Å²) in [4.78, 5) is 38.9. The number of anilines is 1. The van der Waals surface area contributed by atoms with Gasteiger partial charge in [-0.05, 0) is 37.9 Å². The lowest BCUT2D eigenvalue weighted by Gasteiger charge is -2.30. The smallest absolute Gasteiger partial charge is 0.348 e. The molecule has 5 rings (SSSR count). The van der Waals surface area contributed by atoms with Crippen LogP contribution in [0.25, 0.3) is 0 Å². The zero-order valence-corrected chi connectivity index (χ0v) is 19.6. The van der Waals surface area contributed by atoms with E-state index in [2.05, 4.69) is 22.6 Å². The third-order valence-electron chi connectivity index (χ3n) is 6.45. The van der Waals surface area contributed by atoms with E-state index in [0.717, 1.165) is 36.1 Å². The largest absolute Gasteiger partial charge is 0.351 e. The number of benzene rings is 3. The van der Waals surface area contributed by atoms with Crippen LogP contribution in [-0.2, 0) is 21.0 Å². The zero-order valence-electron chi connectivity index (χ0n) is 19.6. The van der Waals surface area contributed by atoms with Crippen LogP contribution in [0.2, 0.25) is 0 Å². The Hall–Kier alpha value is -3.81. The van der Waals surface area contributed by atoms with E-state index in [1.807, 2.05) is 72.8 Å². The van der Waals surface area contributed by atoms with Gasteiger partial charge in [-0.15, -0.1) is 0 Å². The fraction of sp³-hybridized carbons (Fsp3) is 0.250. The third-order valence-corrected chi connectivity index (χ3v) is 6.45. The van der Waals surface area contributed by atoms with E-state index in [1.54, 1.807) is 6.92 Å². The van der Waals surface area contributed by atoms with Crippen molar-refractivity contribution in [3.63, 3.8) is 0 Å². The Morgan fingerprint density at radius 1 is 1.00 bits per heavy atom. The first-order valence-corrected chi connectivity index (χ1v) is 11.9. The van der Waals surface area contributed by atoms with Crippen molar-refractivity contribution in [2.24, 2.45) is 4.99 Å². The molecule has 2 aliphatic heterocycles. The summed E-state index contributed by atoms with van der Waals surface area (Å²) >= 11 is 0. The lowest BCUT2D eigenvalue weighted by molar-refractivity contribution is -0.154. The SMILES string of the molecule is C[C@H]1N=C(c2ccccc2)c2ccccc2N(C(=O)[C@H]2CCCN2Cc2ccccc2)NOC1=O. The van der Waals surface area contributed by atoms with Crippen LogP contribution in [0.4, 0.5) is 5.69 Å². The Kier molecular flexibility index (Phi) is 6.70. The fourth-order valence-corrected chi connectivity index (χ4v) is 4.66. The maximum absolute atomic E-state index is 14.0. The van der Waals surface area contributed by atoms with Gasteiger partial charge in [-0.1, -0.05) is 84.5 Å². The number of likely N-dealkylation sites (tertiary alicyclic amines) is 1. The molecule has 0 radical (unpaired) electrons. The number of carbonyl (C=O) groups excluding carboxylic acids is 2. The Morgan fingerprint density at radius 3 is 2.46 bits per heavy atom. The number of fused-ring (bicyclic) bond motifs is 1. The van der Waals surface area contributed by atoms with Crippen molar-refractivity contribution in [2.75, 3.05) is 11.6 Å².